The lowest BCUT2D eigenvalue weighted by molar-refractivity contribution is -0.0807. The van der Waals surface area contributed by atoms with Crippen molar-refractivity contribution in [3.05, 3.63) is 47.9 Å². The molecule has 0 N–H and O–H groups in total. The van der Waals surface area contributed by atoms with E-state index in [2.05, 4.69) is 50.5 Å². The SMILES string of the molecule is C=C1CN(c2cc(-n3ncc4cc(C)c(C5CCN(C6COC6)CC5F)cc43)nc(OC)n2)CCO1. The quantitative estimate of drug-likeness (QED) is 0.536. The van der Waals surface area contributed by atoms with Crippen LogP contribution in [0, 0.1) is 6.92 Å². The molecular formula is C26H31FN6O3. The summed E-state index contributed by atoms with van der Waals surface area (Å²) >= 11 is 0. The smallest absolute Gasteiger partial charge is 0.320 e. The van der Waals surface area contributed by atoms with E-state index in [-0.39, 0.29) is 11.9 Å². The highest BCUT2D eigenvalue weighted by atomic mass is 19.1. The summed E-state index contributed by atoms with van der Waals surface area (Å²) in [5.74, 6) is 1.86. The Morgan fingerprint density at radius 3 is 2.69 bits per heavy atom. The number of morpholine rings is 1. The Kier molecular flexibility index (Phi) is 6.00. The van der Waals surface area contributed by atoms with Crippen LogP contribution in [0.5, 0.6) is 6.01 Å². The fourth-order valence-electron chi connectivity index (χ4n) is 5.43. The number of benzene rings is 1. The Morgan fingerprint density at radius 1 is 1.14 bits per heavy atom. The van der Waals surface area contributed by atoms with Gasteiger partial charge < -0.3 is 19.1 Å². The summed E-state index contributed by atoms with van der Waals surface area (Å²) in [6.45, 7) is 10.5. The van der Waals surface area contributed by atoms with E-state index in [0.29, 0.717) is 62.9 Å². The van der Waals surface area contributed by atoms with E-state index in [1.54, 1.807) is 11.8 Å². The first-order valence-electron chi connectivity index (χ1n) is 12.4. The van der Waals surface area contributed by atoms with E-state index in [1.165, 1.54) is 0 Å². The van der Waals surface area contributed by atoms with Crippen molar-refractivity contribution >= 4 is 16.7 Å². The number of halogens is 1. The van der Waals surface area contributed by atoms with Gasteiger partial charge in [0.25, 0.3) is 0 Å². The summed E-state index contributed by atoms with van der Waals surface area (Å²) < 4.78 is 33.5. The third-order valence-electron chi connectivity index (χ3n) is 7.50. The minimum atomic E-state index is -0.924. The molecule has 36 heavy (non-hydrogen) atoms. The van der Waals surface area contributed by atoms with Gasteiger partial charge in [0.1, 0.15) is 24.4 Å². The van der Waals surface area contributed by atoms with Gasteiger partial charge in [0.15, 0.2) is 5.82 Å². The van der Waals surface area contributed by atoms with E-state index in [9.17, 15) is 0 Å². The zero-order chi connectivity index (χ0) is 24.8. The molecule has 2 aromatic heterocycles. The maximum absolute atomic E-state index is 15.5. The lowest BCUT2D eigenvalue weighted by atomic mass is 9.84. The molecule has 2 atom stereocenters. The molecule has 10 heteroatoms. The summed E-state index contributed by atoms with van der Waals surface area (Å²) in [7, 11) is 1.55. The summed E-state index contributed by atoms with van der Waals surface area (Å²) in [6, 6.07) is 6.69. The number of likely N-dealkylation sites (tertiary alicyclic amines) is 1. The van der Waals surface area contributed by atoms with Crippen molar-refractivity contribution < 1.29 is 18.6 Å². The molecule has 3 fully saturated rings. The van der Waals surface area contributed by atoms with Crippen molar-refractivity contribution in [2.75, 3.05) is 58.0 Å². The maximum atomic E-state index is 15.5. The second-order valence-electron chi connectivity index (χ2n) is 9.80. The number of aryl methyl sites for hydroxylation is 1. The molecule has 3 saturated heterocycles. The Hall–Kier alpha value is -3.24. The lowest BCUT2D eigenvalue weighted by Gasteiger charge is -2.43. The summed E-state index contributed by atoms with van der Waals surface area (Å²) in [5.41, 5.74) is 3.01. The average molecular weight is 495 g/mol. The Balaban J connectivity index is 1.35. The van der Waals surface area contributed by atoms with Gasteiger partial charge in [0, 0.05) is 23.9 Å². The minimum Gasteiger partial charge on any atom is -0.495 e. The van der Waals surface area contributed by atoms with Gasteiger partial charge in [-0.3, -0.25) is 4.90 Å². The highest BCUT2D eigenvalue weighted by Gasteiger charge is 2.36. The van der Waals surface area contributed by atoms with Gasteiger partial charge in [-0.25, -0.2) is 9.07 Å². The Bertz CT molecular complexity index is 1290. The molecule has 5 heterocycles. The first kappa shape index (κ1) is 23.2. The summed E-state index contributed by atoms with van der Waals surface area (Å²) in [6.07, 6.45) is 1.68. The first-order valence-corrected chi connectivity index (χ1v) is 12.4. The fraction of sp³-hybridized carbons (Fsp3) is 0.500. The number of ether oxygens (including phenoxy) is 3. The molecule has 3 aliphatic heterocycles. The Morgan fingerprint density at radius 2 is 1.97 bits per heavy atom. The normalized spacial score (nSPS) is 23.5. The first-order chi connectivity index (χ1) is 17.5. The number of piperidine rings is 1. The topological polar surface area (TPSA) is 77.8 Å². The largest absolute Gasteiger partial charge is 0.495 e. The zero-order valence-electron chi connectivity index (χ0n) is 20.7. The molecule has 190 valence electrons. The predicted molar refractivity (Wildman–Crippen MR) is 134 cm³/mol. The van der Waals surface area contributed by atoms with E-state index in [0.717, 1.165) is 35.0 Å². The van der Waals surface area contributed by atoms with Crippen LogP contribution in [-0.4, -0.2) is 90.0 Å². The number of hydrogen-bond acceptors (Lipinski definition) is 8. The van der Waals surface area contributed by atoms with Crippen molar-refractivity contribution in [1.29, 1.82) is 0 Å². The van der Waals surface area contributed by atoms with Crippen LogP contribution in [0.4, 0.5) is 10.2 Å². The van der Waals surface area contributed by atoms with E-state index in [4.69, 9.17) is 14.2 Å². The molecule has 0 spiro atoms. The highest BCUT2D eigenvalue weighted by Crippen LogP contribution is 2.36. The number of nitrogens with zero attached hydrogens (tertiary/aromatic N) is 6. The number of anilines is 1. The number of rotatable bonds is 5. The van der Waals surface area contributed by atoms with Crippen molar-refractivity contribution in [3.8, 4) is 11.8 Å². The average Bonchev–Trinajstić information content (AvgIpc) is 3.25. The van der Waals surface area contributed by atoms with Gasteiger partial charge in [-0.05, 0) is 43.1 Å². The molecule has 0 bridgehead atoms. The second-order valence-corrected chi connectivity index (χ2v) is 9.80. The van der Waals surface area contributed by atoms with Crippen LogP contribution in [0.25, 0.3) is 16.7 Å². The Labute approximate surface area is 209 Å². The number of fused-ring (bicyclic) bond motifs is 1. The third-order valence-corrected chi connectivity index (χ3v) is 7.50. The van der Waals surface area contributed by atoms with Crippen LogP contribution in [0.3, 0.4) is 0 Å². The molecular weight excluding hydrogens is 463 g/mol. The van der Waals surface area contributed by atoms with Crippen molar-refractivity contribution in [2.45, 2.75) is 31.5 Å². The maximum Gasteiger partial charge on any atom is 0.320 e. The van der Waals surface area contributed by atoms with Gasteiger partial charge in [-0.1, -0.05) is 6.58 Å². The van der Waals surface area contributed by atoms with Gasteiger partial charge >= 0.3 is 6.01 Å². The summed E-state index contributed by atoms with van der Waals surface area (Å²) in [4.78, 5) is 13.4. The van der Waals surface area contributed by atoms with Crippen LogP contribution in [0.1, 0.15) is 23.5 Å². The van der Waals surface area contributed by atoms with Crippen LogP contribution in [-0.2, 0) is 9.47 Å². The standard InChI is InChI=1S/C26H31FN6O3/c1-16-8-18-11-28-33(25-10-24(29-26(30-25)34-3)32-6-7-36-17(2)12-32)23(18)9-21(16)20-4-5-31(13-22(20)27)19-14-35-15-19/h8-11,19-20,22H,2,4-7,12-15H2,1,3H3. The van der Waals surface area contributed by atoms with Crippen LogP contribution in [0.2, 0.25) is 0 Å². The zero-order valence-corrected chi connectivity index (χ0v) is 20.7. The summed E-state index contributed by atoms with van der Waals surface area (Å²) in [5, 5.41) is 5.62. The van der Waals surface area contributed by atoms with Crippen molar-refractivity contribution in [2.24, 2.45) is 0 Å². The van der Waals surface area contributed by atoms with Gasteiger partial charge in [-0.15, -0.1) is 0 Å². The van der Waals surface area contributed by atoms with Gasteiger partial charge in [0.2, 0.25) is 0 Å². The molecule has 1 aromatic carbocycles. The molecule has 0 aliphatic carbocycles. The minimum absolute atomic E-state index is 0.148. The molecule has 6 rings (SSSR count). The molecule has 0 saturated carbocycles. The highest BCUT2D eigenvalue weighted by molar-refractivity contribution is 5.82. The van der Waals surface area contributed by atoms with Gasteiger partial charge in [0.05, 0.1) is 51.2 Å². The van der Waals surface area contributed by atoms with Crippen molar-refractivity contribution in [3.63, 3.8) is 0 Å². The number of alkyl halides is 1. The second kappa shape index (κ2) is 9.33. The third kappa shape index (κ3) is 4.18. The van der Waals surface area contributed by atoms with E-state index >= 15 is 4.39 Å². The number of hydrogen-bond donors (Lipinski definition) is 0. The molecule has 2 unspecified atom stereocenters. The van der Waals surface area contributed by atoms with E-state index < -0.39 is 6.17 Å². The molecule has 0 radical (unpaired) electrons. The van der Waals surface area contributed by atoms with Crippen LogP contribution < -0.4 is 9.64 Å². The molecule has 0 amide bonds. The van der Waals surface area contributed by atoms with Crippen LogP contribution in [0.15, 0.2) is 36.7 Å². The predicted octanol–water partition coefficient (Wildman–Crippen LogP) is 3.01. The molecule has 3 aromatic rings. The molecule has 9 nitrogen and oxygen atoms in total. The molecule has 3 aliphatic rings. The van der Waals surface area contributed by atoms with Crippen LogP contribution >= 0.6 is 0 Å². The fourth-order valence-corrected chi connectivity index (χ4v) is 5.43. The van der Waals surface area contributed by atoms with Crippen molar-refractivity contribution in [1.82, 2.24) is 24.6 Å². The van der Waals surface area contributed by atoms with Gasteiger partial charge in [-0.2, -0.15) is 15.1 Å². The van der Waals surface area contributed by atoms with E-state index in [1.807, 2.05) is 12.3 Å². The number of methoxy groups -OCH3 is 1. The number of aromatic nitrogens is 4. The monoisotopic (exact) mass is 494 g/mol. The lowest BCUT2D eigenvalue weighted by Crippen LogP contribution is -2.54.